The van der Waals surface area contributed by atoms with Crippen molar-refractivity contribution in [3.05, 3.63) is 28.2 Å². The third kappa shape index (κ3) is 3.11. The number of halogens is 1. The normalized spacial score (nSPS) is 17.2. The van der Waals surface area contributed by atoms with Crippen molar-refractivity contribution in [1.29, 1.82) is 5.26 Å². The SMILES string of the molecule is N#Cc1ccc(NCC2(C(=O)O)CCOCC2)cc1Br. The van der Waals surface area contributed by atoms with Crippen molar-refractivity contribution < 1.29 is 14.6 Å². The van der Waals surface area contributed by atoms with Crippen LogP contribution in [-0.2, 0) is 9.53 Å². The maximum Gasteiger partial charge on any atom is 0.311 e. The van der Waals surface area contributed by atoms with E-state index in [1.165, 1.54) is 0 Å². The van der Waals surface area contributed by atoms with E-state index in [0.29, 0.717) is 42.6 Å². The lowest BCUT2D eigenvalue weighted by molar-refractivity contribution is -0.153. The summed E-state index contributed by atoms with van der Waals surface area (Å²) in [5.74, 6) is -0.791. The number of carboxylic acids is 1. The number of nitrogens with zero attached hydrogens (tertiary/aromatic N) is 1. The minimum atomic E-state index is -0.791. The summed E-state index contributed by atoms with van der Waals surface area (Å²) in [6.07, 6.45) is 1.01. The second kappa shape index (κ2) is 6.25. The van der Waals surface area contributed by atoms with E-state index in [9.17, 15) is 9.90 Å². The predicted molar refractivity (Wildman–Crippen MR) is 77.5 cm³/mol. The van der Waals surface area contributed by atoms with Crippen LogP contribution in [0.3, 0.4) is 0 Å². The van der Waals surface area contributed by atoms with Crippen LogP contribution >= 0.6 is 15.9 Å². The molecule has 2 N–H and O–H groups in total. The quantitative estimate of drug-likeness (QED) is 0.881. The Morgan fingerprint density at radius 1 is 1.50 bits per heavy atom. The Morgan fingerprint density at radius 2 is 2.20 bits per heavy atom. The highest BCUT2D eigenvalue weighted by molar-refractivity contribution is 9.10. The third-order valence-corrected chi connectivity index (χ3v) is 4.28. The molecule has 0 amide bonds. The molecule has 5 nitrogen and oxygen atoms in total. The number of benzene rings is 1. The van der Waals surface area contributed by atoms with Gasteiger partial charge in [-0.15, -0.1) is 0 Å². The van der Waals surface area contributed by atoms with Crippen LogP contribution in [0.25, 0.3) is 0 Å². The monoisotopic (exact) mass is 338 g/mol. The molecular formula is C14H15BrN2O3. The van der Waals surface area contributed by atoms with E-state index in [2.05, 4.69) is 27.3 Å². The van der Waals surface area contributed by atoms with Crippen molar-refractivity contribution >= 4 is 27.6 Å². The highest BCUT2D eigenvalue weighted by Gasteiger charge is 2.40. The highest BCUT2D eigenvalue weighted by atomic mass is 79.9. The Bertz CT molecular complexity index is 548. The molecule has 1 aromatic carbocycles. The number of aliphatic carboxylic acids is 1. The zero-order valence-corrected chi connectivity index (χ0v) is 12.4. The predicted octanol–water partition coefficient (Wildman–Crippen LogP) is 2.61. The summed E-state index contributed by atoms with van der Waals surface area (Å²) < 4.78 is 5.94. The van der Waals surface area contributed by atoms with Gasteiger partial charge in [0.2, 0.25) is 0 Å². The first kappa shape index (κ1) is 14.8. The minimum Gasteiger partial charge on any atom is -0.481 e. The lowest BCUT2D eigenvalue weighted by atomic mass is 9.80. The molecule has 0 saturated carbocycles. The fraction of sp³-hybridized carbons (Fsp3) is 0.429. The lowest BCUT2D eigenvalue weighted by Crippen LogP contribution is -2.42. The topological polar surface area (TPSA) is 82.4 Å². The summed E-state index contributed by atoms with van der Waals surface area (Å²) in [6.45, 7) is 1.31. The Hall–Kier alpha value is -1.58. The van der Waals surface area contributed by atoms with Crippen molar-refractivity contribution in [3.8, 4) is 6.07 Å². The van der Waals surface area contributed by atoms with Crippen molar-refractivity contribution in [2.75, 3.05) is 25.1 Å². The standard InChI is InChI=1S/C14H15BrN2O3/c15-12-7-11(2-1-10(12)8-16)17-9-14(13(18)19)3-5-20-6-4-14/h1-2,7,17H,3-6,9H2,(H,18,19). The summed E-state index contributed by atoms with van der Waals surface area (Å²) in [5.41, 5.74) is 0.566. The summed E-state index contributed by atoms with van der Waals surface area (Å²) in [6, 6.07) is 7.33. The molecule has 1 fully saturated rings. The lowest BCUT2D eigenvalue weighted by Gasteiger charge is -2.33. The third-order valence-electron chi connectivity index (χ3n) is 3.62. The molecule has 1 aliphatic heterocycles. The van der Waals surface area contributed by atoms with Crippen LogP contribution in [0.1, 0.15) is 18.4 Å². The molecule has 0 unspecified atom stereocenters. The van der Waals surface area contributed by atoms with Crippen LogP contribution in [0.5, 0.6) is 0 Å². The van der Waals surface area contributed by atoms with E-state index in [1.807, 2.05) is 0 Å². The van der Waals surface area contributed by atoms with Crippen molar-refractivity contribution in [3.63, 3.8) is 0 Å². The number of ether oxygens (including phenoxy) is 1. The van der Waals surface area contributed by atoms with Gasteiger partial charge in [-0.25, -0.2) is 0 Å². The fourth-order valence-corrected chi connectivity index (χ4v) is 2.68. The van der Waals surface area contributed by atoms with Gasteiger partial charge in [0, 0.05) is 29.9 Å². The second-order valence-electron chi connectivity index (χ2n) is 4.86. The molecule has 0 spiro atoms. The summed E-state index contributed by atoms with van der Waals surface area (Å²) in [4.78, 5) is 11.5. The molecule has 106 valence electrons. The molecule has 1 saturated heterocycles. The molecule has 1 aliphatic rings. The average molecular weight is 339 g/mol. The minimum absolute atomic E-state index is 0.351. The number of nitrogens with one attached hydrogen (secondary N) is 1. The zero-order valence-electron chi connectivity index (χ0n) is 10.9. The van der Waals surface area contributed by atoms with E-state index in [1.54, 1.807) is 18.2 Å². The summed E-state index contributed by atoms with van der Waals surface area (Å²) >= 11 is 3.32. The number of hydrogen-bond acceptors (Lipinski definition) is 4. The van der Waals surface area contributed by atoms with E-state index < -0.39 is 11.4 Å². The zero-order chi connectivity index (χ0) is 14.6. The first-order valence-corrected chi connectivity index (χ1v) is 7.11. The Morgan fingerprint density at radius 3 is 2.75 bits per heavy atom. The molecule has 1 aromatic rings. The van der Waals surface area contributed by atoms with Crippen LogP contribution in [0.15, 0.2) is 22.7 Å². The van der Waals surface area contributed by atoms with Gasteiger partial charge in [-0.1, -0.05) is 0 Å². The Kier molecular flexibility index (Phi) is 4.63. The van der Waals surface area contributed by atoms with E-state index >= 15 is 0 Å². The van der Waals surface area contributed by atoms with Gasteiger partial charge in [0.25, 0.3) is 0 Å². The summed E-state index contributed by atoms with van der Waals surface area (Å²) in [7, 11) is 0. The molecule has 0 radical (unpaired) electrons. The number of carboxylic acid groups (broad SMARTS) is 1. The highest BCUT2D eigenvalue weighted by Crippen LogP contribution is 2.31. The van der Waals surface area contributed by atoms with Gasteiger partial charge in [0.1, 0.15) is 6.07 Å². The second-order valence-corrected chi connectivity index (χ2v) is 5.71. The van der Waals surface area contributed by atoms with Crippen LogP contribution in [0, 0.1) is 16.7 Å². The number of nitriles is 1. The number of anilines is 1. The first-order valence-electron chi connectivity index (χ1n) is 6.32. The van der Waals surface area contributed by atoms with E-state index in [4.69, 9.17) is 10.00 Å². The van der Waals surface area contributed by atoms with Crippen molar-refractivity contribution in [2.45, 2.75) is 12.8 Å². The van der Waals surface area contributed by atoms with Crippen molar-refractivity contribution in [1.82, 2.24) is 0 Å². The summed E-state index contributed by atoms with van der Waals surface area (Å²) in [5, 5.41) is 21.5. The van der Waals surface area contributed by atoms with Gasteiger partial charge in [0.05, 0.1) is 11.0 Å². The van der Waals surface area contributed by atoms with Gasteiger partial charge in [-0.2, -0.15) is 5.26 Å². The van der Waals surface area contributed by atoms with Crippen LogP contribution < -0.4 is 5.32 Å². The molecule has 0 atom stereocenters. The van der Waals surface area contributed by atoms with E-state index in [-0.39, 0.29) is 0 Å². The van der Waals surface area contributed by atoms with Crippen LogP contribution in [0.2, 0.25) is 0 Å². The van der Waals surface area contributed by atoms with Gasteiger partial charge in [-0.3, -0.25) is 4.79 Å². The Balaban J connectivity index is 2.08. The Labute approximate surface area is 125 Å². The fourth-order valence-electron chi connectivity index (χ4n) is 2.22. The molecule has 0 aromatic heterocycles. The number of hydrogen-bond donors (Lipinski definition) is 2. The van der Waals surface area contributed by atoms with E-state index in [0.717, 1.165) is 5.69 Å². The first-order chi connectivity index (χ1) is 9.57. The number of carbonyl (C=O) groups is 1. The molecule has 0 aliphatic carbocycles. The molecular weight excluding hydrogens is 324 g/mol. The van der Waals surface area contributed by atoms with Crippen LogP contribution in [-0.4, -0.2) is 30.8 Å². The molecule has 20 heavy (non-hydrogen) atoms. The molecule has 6 heteroatoms. The molecule has 0 bridgehead atoms. The maximum absolute atomic E-state index is 11.5. The maximum atomic E-state index is 11.5. The van der Waals surface area contributed by atoms with Gasteiger partial charge < -0.3 is 15.2 Å². The molecule has 1 heterocycles. The van der Waals surface area contributed by atoms with Crippen LogP contribution in [0.4, 0.5) is 5.69 Å². The largest absolute Gasteiger partial charge is 0.481 e. The van der Waals surface area contributed by atoms with Gasteiger partial charge >= 0.3 is 5.97 Å². The smallest absolute Gasteiger partial charge is 0.311 e. The van der Waals surface area contributed by atoms with Gasteiger partial charge in [0.15, 0.2) is 0 Å². The van der Waals surface area contributed by atoms with Crippen molar-refractivity contribution in [2.24, 2.45) is 5.41 Å². The average Bonchev–Trinajstić information content (AvgIpc) is 2.46. The van der Waals surface area contributed by atoms with Gasteiger partial charge in [-0.05, 0) is 47.0 Å². The molecule has 2 rings (SSSR count). The number of rotatable bonds is 4.